The second-order valence-electron chi connectivity index (χ2n) is 7.34. The maximum atomic E-state index is 12.6. The van der Waals surface area contributed by atoms with Crippen LogP contribution in [0, 0.1) is 13.8 Å². The molecule has 4 rings (SSSR count). The molecule has 1 amide bonds. The molecule has 0 bridgehead atoms. The molecule has 2 aromatic carbocycles. The molecule has 1 saturated heterocycles. The average Bonchev–Trinajstić information content (AvgIpc) is 3.21. The van der Waals surface area contributed by atoms with E-state index in [1.54, 1.807) is 4.90 Å². The molecule has 154 valence electrons. The summed E-state index contributed by atoms with van der Waals surface area (Å²) in [6.07, 6.45) is 4.05. The minimum atomic E-state index is -0.0115. The number of thioether (sulfide) groups is 1. The fraction of sp³-hybridized carbons (Fsp3) is 0.250. The number of aryl methyl sites for hydroxylation is 2. The summed E-state index contributed by atoms with van der Waals surface area (Å²) < 4.78 is 8.87. The van der Waals surface area contributed by atoms with Crippen LogP contribution < -0.4 is 4.74 Å². The van der Waals surface area contributed by atoms with Crippen LogP contribution in [0.5, 0.6) is 5.75 Å². The fourth-order valence-electron chi connectivity index (χ4n) is 3.61. The number of thiocarbonyl (C=S) groups is 1. The number of nitrogens with zero attached hydrogens (tertiary/aromatic N) is 2. The van der Waals surface area contributed by atoms with Crippen molar-refractivity contribution in [3.63, 3.8) is 0 Å². The predicted molar refractivity (Wildman–Crippen MR) is 129 cm³/mol. The first kappa shape index (κ1) is 20.7. The number of amides is 1. The van der Waals surface area contributed by atoms with Crippen molar-refractivity contribution < 1.29 is 9.53 Å². The Kier molecular flexibility index (Phi) is 5.97. The van der Waals surface area contributed by atoms with Crippen LogP contribution in [0.2, 0.25) is 0 Å². The molecule has 6 heteroatoms. The van der Waals surface area contributed by atoms with E-state index in [0.717, 1.165) is 34.3 Å². The Hall–Kier alpha value is -2.57. The Morgan fingerprint density at radius 2 is 1.97 bits per heavy atom. The average molecular weight is 437 g/mol. The number of ether oxygens (including phenoxy) is 1. The quantitative estimate of drug-likeness (QED) is 0.374. The highest BCUT2D eigenvalue weighted by Gasteiger charge is 2.30. The number of likely N-dealkylation sites (N-methyl/N-ethyl adjacent to an activating group) is 1. The summed E-state index contributed by atoms with van der Waals surface area (Å²) >= 11 is 6.71. The first-order valence-electron chi connectivity index (χ1n) is 10.0. The van der Waals surface area contributed by atoms with Crippen LogP contribution in [0.4, 0.5) is 0 Å². The molecule has 0 atom stereocenters. The highest BCUT2D eigenvalue weighted by atomic mass is 32.2. The SMILES string of the molecule is CCN1C(=O)C(=Cc2cn(CCOc3cc(C)ccc3C)c3ccccc23)SC1=S. The zero-order valence-electron chi connectivity index (χ0n) is 17.3. The number of benzene rings is 2. The van der Waals surface area contributed by atoms with Crippen molar-refractivity contribution in [3.05, 3.63) is 70.3 Å². The number of aromatic nitrogens is 1. The van der Waals surface area contributed by atoms with Gasteiger partial charge in [0.25, 0.3) is 5.91 Å². The third-order valence-corrected chi connectivity index (χ3v) is 6.61. The van der Waals surface area contributed by atoms with Gasteiger partial charge in [-0.05, 0) is 50.1 Å². The van der Waals surface area contributed by atoms with E-state index in [1.807, 2.05) is 25.1 Å². The summed E-state index contributed by atoms with van der Waals surface area (Å²) in [4.78, 5) is 14.9. The van der Waals surface area contributed by atoms with Crippen molar-refractivity contribution in [1.82, 2.24) is 9.47 Å². The van der Waals surface area contributed by atoms with Gasteiger partial charge in [0.2, 0.25) is 0 Å². The summed E-state index contributed by atoms with van der Waals surface area (Å²) in [7, 11) is 0. The molecule has 0 unspecified atom stereocenters. The highest BCUT2D eigenvalue weighted by molar-refractivity contribution is 8.26. The monoisotopic (exact) mass is 436 g/mol. The van der Waals surface area contributed by atoms with Gasteiger partial charge in [-0.3, -0.25) is 9.69 Å². The van der Waals surface area contributed by atoms with Crippen LogP contribution >= 0.6 is 24.0 Å². The van der Waals surface area contributed by atoms with Gasteiger partial charge >= 0.3 is 0 Å². The van der Waals surface area contributed by atoms with Crippen LogP contribution in [0.25, 0.3) is 17.0 Å². The second kappa shape index (κ2) is 8.66. The maximum Gasteiger partial charge on any atom is 0.266 e. The summed E-state index contributed by atoms with van der Waals surface area (Å²) in [6, 6.07) is 14.5. The molecule has 0 saturated carbocycles. The van der Waals surface area contributed by atoms with Crippen LogP contribution in [-0.2, 0) is 11.3 Å². The Morgan fingerprint density at radius 3 is 2.73 bits per heavy atom. The lowest BCUT2D eigenvalue weighted by atomic mass is 10.1. The molecule has 1 fully saturated rings. The first-order chi connectivity index (χ1) is 14.5. The Bertz CT molecular complexity index is 1160. The van der Waals surface area contributed by atoms with Gasteiger partial charge in [-0.25, -0.2) is 0 Å². The van der Waals surface area contributed by atoms with E-state index in [2.05, 4.69) is 54.9 Å². The van der Waals surface area contributed by atoms with Crippen LogP contribution in [0.1, 0.15) is 23.6 Å². The maximum absolute atomic E-state index is 12.6. The molecule has 0 N–H and O–H groups in total. The summed E-state index contributed by atoms with van der Waals surface area (Å²) in [5, 5.41) is 1.12. The fourth-order valence-corrected chi connectivity index (χ4v) is 4.98. The van der Waals surface area contributed by atoms with E-state index in [9.17, 15) is 4.79 Å². The van der Waals surface area contributed by atoms with Crippen molar-refractivity contribution in [2.75, 3.05) is 13.2 Å². The largest absolute Gasteiger partial charge is 0.491 e. The van der Waals surface area contributed by atoms with Crippen LogP contribution in [0.15, 0.2) is 53.6 Å². The van der Waals surface area contributed by atoms with Crippen molar-refractivity contribution in [3.8, 4) is 5.75 Å². The number of hydrogen-bond donors (Lipinski definition) is 0. The van der Waals surface area contributed by atoms with Gasteiger partial charge < -0.3 is 9.30 Å². The van der Waals surface area contributed by atoms with E-state index in [1.165, 1.54) is 17.3 Å². The molecular formula is C24H24N2O2S2. The topological polar surface area (TPSA) is 34.5 Å². The lowest BCUT2D eigenvalue weighted by Crippen LogP contribution is -2.27. The minimum Gasteiger partial charge on any atom is -0.491 e. The third kappa shape index (κ3) is 4.02. The predicted octanol–water partition coefficient (Wildman–Crippen LogP) is 5.56. The standard InChI is InChI=1S/C24H24N2O2S2/c1-4-26-23(27)22(30-24(26)29)14-18-15-25(20-8-6-5-7-19(18)20)11-12-28-21-13-16(2)9-10-17(21)3/h5-10,13-15H,4,11-12H2,1-3H3. The molecule has 30 heavy (non-hydrogen) atoms. The van der Waals surface area contributed by atoms with E-state index in [4.69, 9.17) is 17.0 Å². The molecule has 3 aromatic rings. The van der Waals surface area contributed by atoms with E-state index >= 15 is 0 Å². The molecule has 0 spiro atoms. The number of para-hydroxylation sites is 1. The van der Waals surface area contributed by atoms with E-state index in [0.29, 0.717) is 22.4 Å². The molecule has 1 aromatic heterocycles. The summed E-state index contributed by atoms with van der Waals surface area (Å²) in [5.74, 6) is 0.914. The molecule has 0 radical (unpaired) electrons. The van der Waals surface area contributed by atoms with Gasteiger partial charge in [0.15, 0.2) is 0 Å². The normalized spacial score (nSPS) is 15.6. The molecular weight excluding hydrogens is 412 g/mol. The molecule has 1 aliphatic heterocycles. The van der Waals surface area contributed by atoms with Crippen LogP contribution in [0.3, 0.4) is 0 Å². The highest BCUT2D eigenvalue weighted by Crippen LogP contribution is 2.34. The van der Waals surface area contributed by atoms with Gasteiger partial charge in [0, 0.05) is 29.2 Å². The smallest absolute Gasteiger partial charge is 0.266 e. The summed E-state index contributed by atoms with van der Waals surface area (Å²) in [6.45, 7) is 7.95. The van der Waals surface area contributed by atoms with Crippen LogP contribution in [-0.4, -0.2) is 32.8 Å². The molecule has 1 aliphatic rings. The number of rotatable bonds is 6. The minimum absolute atomic E-state index is 0.0115. The number of carbonyl (C=O) groups is 1. The number of carbonyl (C=O) groups excluding carboxylic acids is 1. The number of fused-ring (bicyclic) bond motifs is 1. The number of hydrogen-bond acceptors (Lipinski definition) is 4. The zero-order valence-corrected chi connectivity index (χ0v) is 19.0. The lowest BCUT2D eigenvalue weighted by molar-refractivity contribution is -0.121. The first-order valence-corrected chi connectivity index (χ1v) is 11.2. The Labute approximate surface area is 186 Å². The van der Waals surface area contributed by atoms with Gasteiger partial charge in [0.1, 0.15) is 16.7 Å². The molecule has 4 nitrogen and oxygen atoms in total. The van der Waals surface area contributed by atoms with E-state index < -0.39 is 0 Å². The van der Waals surface area contributed by atoms with Gasteiger partial charge in [-0.15, -0.1) is 0 Å². The zero-order chi connectivity index (χ0) is 21.3. The Balaban J connectivity index is 1.58. The molecule has 0 aliphatic carbocycles. The van der Waals surface area contributed by atoms with Gasteiger partial charge in [-0.1, -0.05) is 54.3 Å². The lowest BCUT2D eigenvalue weighted by Gasteiger charge is -2.11. The Morgan fingerprint density at radius 1 is 1.17 bits per heavy atom. The van der Waals surface area contributed by atoms with Crippen molar-refractivity contribution in [2.45, 2.75) is 27.3 Å². The van der Waals surface area contributed by atoms with Crippen molar-refractivity contribution in [2.24, 2.45) is 0 Å². The van der Waals surface area contributed by atoms with Crippen molar-refractivity contribution >= 4 is 51.2 Å². The van der Waals surface area contributed by atoms with Gasteiger partial charge in [-0.2, -0.15) is 0 Å². The second-order valence-corrected chi connectivity index (χ2v) is 9.01. The van der Waals surface area contributed by atoms with Crippen molar-refractivity contribution in [1.29, 1.82) is 0 Å². The third-order valence-electron chi connectivity index (χ3n) is 5.23. The summed E-state index contributed by atoms with van der Waals surface area (Å²) in [5.41, 5.74) is 4.47. The molecule has 2 heterocycles. The van der Waals surface area contributed by atoms with Gasteiger partial charge in [0.05, 0.1) is 11.4 Å². The van der Waals surface area contributed by atoms with E-state index in [-0.39, 0.29) is 5.91 Å².